The Morgan fingerprint density at radius 1 is 0.769 bits per heavy atom. The fourth-order valence-electron chi connectivity index (χ4n) is 12.7. The van der Waals surface area contributed by atoms with Gasteiger partial charge in [0.1, 0.15) is 18.3 Å². The van der Waals surface area contributed by atoms with E-state index >= 15 is 0 Å². The highest BCUT2D eigenvalue weighted by atomic mass is 16.7. The Labute approximate surface area is 385 Å². The molecule has 0 saturated carbocycles. The van der Waals surface area contributed by atoms with Gasteiger partial charge >= 0.3 is 5.97 Å². The van der Waals surface area contributed by atoms with Crippen molar-refractivity contribution < 1.29 is 82.1 Å². The van der Waals surface area contributed by atoms with Crippen molar-refractivity contribution in [2.24, 2.45) is 29.6 Å². The third kappa shape index (κ3) is 10.1. The zero-order valence-corrected chi connectivity index (χ0v) is 41.1. The van der Waals surface area contributed by atoms with Crippen LogP contribution in [0.5, 0.6) is 0 Å². The summed E-state index contributed by atoms with van der Waals surface area (Å²) in [4.78, 5) is 11.9. The Bertz CT molecular complexity index is 1610. The van der Waals surface area contributed by atoms with Crippen LogP contribution >= 0.6 is 0 Å². The van der Waals surface area contributed by atoms with Gasteiger partial charge in [-0.2, -0.15) is 0 Å². The average molecular weight is 934 g/mol. The molecule has 7 N–H and O–H groups in total. The third-order valence-electron chi connectivity index (χ3n) is 16.8. The summed E-state index contributed by atoms with van der Waals surface area (Å²) in [6.45, 7) is 17.5. The van der Waals surface area contributed by atoms with Gasteiger partial charge in [-0.3, -0.25) is 4.79 Å². The molecule has 65 heavy (non-hydrogen) atoms. The number of rotatable bonds is 13. The molecule has 0 unspecified atom stereocenters. The molecule has 7 heterocycles. The third-order valence-corrected chi connectivity index (χ3v) is 16.8. The van der Waals surface area contributed by atoms with Crippen LogP contribution in [-0.4, -0.2) is 169 Å². The average Bonchev–Trinajstić information content (AvgIpc) is 3.94. The van der Waals surface area contributed by atoms with Gasteiger partial charge in [-0.05, 0) is 59.3 Å². The lowest BCUT2D eigenvalue weighted by Gasteiger charge is -2.53. The van der Waals surface area contributed by atoms with E-state index in [9.17, 15) is 25.2 Å². The van der Waals surface area contributed by atoms with Gasteiger partial charge in [0.15, 0.2) is 23.7 Å². The molecule has 378 valence electrons. The zero-order chi connectivity index (χ0) is 46.9. The summed E-state index contributed by atoms with van der Waals surface area (Å²) in [5.41, 5.74) is -1.60. The summed E-state index contributed by atoms with van der Waals surface area (Å²) in [5, 5.41) is 44.3. The lowest BCUT2D eigenvalue weighted by Crippen LogP contribution is -2.65. The molecular weight excluding hydrogens is 851 g/mol. The molecule has 18 nitrogen and oxygen atoms in total. The second-order valence-electron chi connectivity index (χ2n) is 21.3. The maximum absolute atomic E-state index is 11.9. The van der Waals surface area contributed by atoms with Crippen LogP contribution in [0.15, 0.2) is 0 Å². The van der Waals surface area contributed by atoms with E-state index in [1.54, 1.807) is 28.1 Å². The number of carboxylic acid groups (broad SMARTS) is 1. The number of aliphatic carboxylic acids is 1. The standard InChI is InChI=1S/C47H80O17.H3N/c1-23-18-24(2)45(9,51)61-36(23)31-19-32(58-35-20-30(53-10)40(55-12)28(6)57-35)42(59-31)44(8)15-14-33(60-44)43(7)16-17-46(64-43)21-29(48)25(3)37(62-46)26(4)38-41(56-13)39(54-11)27(5)47(52,63-38)22-34(49)50;/h23-33,35-42,48,51-52H,14-22H2,1-13H3,(H,49,50);1H3/t23-,24+,25+,26+,27-,28-,29-,30-,31+,32-,33+,35+,36-,37-,38-,39-,40-,41-,42+,43+,44-,45-,46+,47+;/m0./s1. The van der Waals surface area contributed by atoms with Gasteiger partial charge in [0.2, 0.25) is 0 Å². The molecule has 7 rings (SSSR count). The number of carbonyl (C=O) groups is 1. The van der Waals surface area contributed by atoms with E-state index in [-0.39, 0.29) is 66.9 Å². The SMILES string of the molecule is CO[C@@H]1[C@@H](OC)[C@H](C)[C@@](O)(CC(=O)O)O[C@H]1[C@H](C)[C@H]1O[C@@]2(CC[C@](C)([C@H]3CC[C@@](C)([C@@H]4O[C@@H]([C@H]5O[C@](C)(O)[C@H](C)C[C@@H]5C)C[C@@H]4O[C@@H]4C[C@H](OC)[C@@H](OC)[C@H](C)O4)O3)O2)C[C@H](O)[C@H]1C.N. The van der Waals surface area contributed by atoms with Crippen molar-refractivity contribution in [2.75, 3.05) is 28.4 Å². The second kappa shape index (κ2) is 19.9. The maximum Gasteiger partial charge on any atom is 0.308 e. The molecule has 7 aliphatic rings. The fourth-order valence-corrected chi connectivity index (χ4v) is 12.7. The molecule has 24 atom stereocenters. The van der Waals surface area contributed by atoms with Gasteiger partial charge in [0, 0.05) is 77.8 Å². The van der Waals surface area contributed by atoms with E-state index in [1.165, 1.54) is 14.2 Å². The Morgan fingerprint density at radius 3 is 2.08 bits per heavy atom. The monoisotopic (exact) mass is 934 g/mol. The highest BCUT2D eigenvalue weighted by Gasteiger charge is 2.64. The van der Waals surface area contributed by atoms with E-state index < -0.39 is 102 Å². The summed E-state index contributed by atoms with van der Waals surface area (Å²) in [6, 6.07) is 0. The van der Waals surface area contributed by atoms with Crippen LogP contribution in [-0.2, 0) is 61.6 Å². The van der Waals surface area contributed by atoms with Crippen LogP contribution < -0.4 is 6.15 Å². The molecule has 0 amide bonds. The molecule has 7 fully saturated rings. The Kier molecular flexibility index (Phi) is 16.3. The first-order chi connectivity index (χ1) is 30.0. The van der Waals surface area contributed by atoms with Crippen LogP contribution in [0.25, 0.3) is 0 Å². The van der Waals surface area contributed by atoms with Crippen molar-refractivity contribution in [2.45, 2.75) is 234 Å². The first-order valence-electron chi connectivity index (χ1n) is 23.8. The van der Waals surface area contributed by atoms with Crippen molar-refractivity contribution in [1.29, 1.82) is 0 Å². The lowest BCUT2D eigenvalue weighted by molar-refractivity contribution is -0.365. The van der Waals surface area contributed by atoms with Crippen LogP contribution in [0.3, 0.4) is 0 Å². The van der Waals surface area contributed by atoms with E-state index in [0.717, 1.165) is 6.42 Å². The summed E-state index contributed by atoms with van der Waals surface area (Å²) in [5.74, 6) is -7.18. The number of ether oxygens (including phenoxy) is 12. The number of aliphatic hydroxyl groups is 3. The lowest BCUT2D eigenvalue weighted by atomic mass is 9.75. The van der Waals surface area contributed by atoms with Crippen molar-refractivity contribution in [3.05, 3.63) is 0 Å². The zero-order valence-electron chi connectivity index (χ0n) is 41.1. The quantitative estimate of drug-likeness (QED) is 0.171. The first-order valence-corrected chi connectivity index (χ1v) is 23.8. The molecule has 7 saturated heterocycles. The Morgan fingerprint density at radius 2 is 1.45 bits per heavy atom. The molecule has 0 radical (unpaired) electrons. The smallest absolute Gasteiger partial charge is 0.308 e. The molecule has 0 bridgehead atoms. The predicted molar refractivity (Wildman–Crippen MR) is 233 cm³/mol. The minimum Gasteiger partial charge on any atom is -0.481 e. The minimum absolute atomic E-state index is 0. The molecule has 1 spiro atoms. The Hall–Kier alpha value is -1.17. The van der Waals surface area contributed by atoms with Gasteiger partial charge in [-0.25, -0.2) is 0 Å². The molecule has 0 aliphatic carbocycles. The fraction of sp³-hybridized carbons (Fsp3) is 0.979. The largest absolute Gasteiger partial charge is 0.481 e. The molecule has 7 aliphatic heterocycles. The molecule has 18 heteroatoms. The van der Waals surface area contributed by atoms with E-state index in [0.29, 0.717) is 38.5 Å². The number of aliphatic hydroxyl groups excluding tert-OH is 1. The van der Waals surface area contributed by atoms with Crippen LogP contribution in [0.2, 0.25) is 0 Å². The number of carboxylic acids is 1. The van der Waals surface area contributed by atoms with Crippen LogP contribution in [0.1, 0.15) is 120 Å². The first kappa shape index (κ1) is 53.2. The summed E-state index contributed by atoms with van der Waals surface area (Å²) < 4.78 is 77.6. The number of hydrogen-bond acceptors (Lipinski definition) is 17. The van der Waals surface area contributed by atoms with Crippen molar-refractivity contribution >= 4 is 5.97 Å². The maximum atomic E-state index is 11.9. The summed E-state index contributed by atoms with van der Waals surface area (Å²) in [6.07, 6.45) is -3.18. The molecular formula is C47H83NO17. The van der Waals surface area contributed by atoms with Gasteiger partial charge in [0.05, 0.1) is 78.7 Å². The van der Waals surface area contributed by atoms with Crippen molar-refractivity contribution in [1.82, 2.24) is 6.15 Å². The van der Waals surface area contributed by atoms with Gasteiger partial charge in [-0.15, -0.1) is 0 Å². The van der Waals surface area contributed by atoms with Crippen molar-refractivity contribution in [3.8, 4) is 0 Å². The van der Waals surface area contributed by atoms with E-state index in [4.69, 9.17) is 56.8 Å². The minimum atomic E-state index is -2.03. The number of methoxy groups -OCH3 is 4. The van der Waals surface area contributed by atoms with Gasteiger partial charge in [0.25, 0.3) is 0 Å². The molecule has 0 aromatic rings. The number of hydrogen-bond donors (Lipinski definition) is 5. The summed E-state index contributed by atoms with van der Waals surface area (Å²) >= 11 is 0. The highest BCUT2D eigenvalue weighted by molar-refractivity contribution is 5.68. The molecule has 0 aromatic heterocycles. The van der Waals surface area contributed by atoms with Gasteiger partial charge in [-0.1, -0.05) is 34.6 Å². The van der Waals surface area contributed by atoms with Crippen LogP contribution in [0.4, 0.5) is 0 Å². The Balaban J connectivity index is 0.00000700. The van der Waals surface area contributed by atoms with E-state index in [2.05, 4.69) is 13.8 Å². The van der Waals surface area contributed by atoms with Gasteiger partial charge < -0.3 is 83.4 Å². The topological polar surface area (TPSA) is 244 Å². The van der Waals surface area contributed by atoms with Crippen molar-refractivity contribution in [3.63, 3.8) is 0 Å². The predicted octanol–water partition coefficient (Wildman–Crippen LogP) is 4.48. The normalized spacial score (nSPS) is 53.2. The van der Waals surface area contributed by atoms with Crippen LogP contribution in [0, 0.1) is 29.6 Å². The molecule has 0 aromatic carbocycles. The van der Waals surface area contributed by atoms with E-state index in [1.807, 2.05) is 34.6 Å². The second-order valence-corrected chi connectivity index (χ2v) is 21.3. The summed E-state index contributed by atoms with van der Waals surface area (Å²) in [7, 11) is 6.37. The highest BCUT2D eigenvalue weighted by Crippen LogP contribution is 2.55.